The van der Waals surface area contributed by atoms with Gasteiger partial charge in [-0.25, -0.2) is 13.2 Å². The fraction of sp³-hybridized carbons (Fsp3) is 0.200. The van der Waals surface area contributed by atoms with Crippen LogP contribution in [0.25, 0.3) is 0 Å². The average molecular weight is 289 g/mol. The number of hydrogen-bond donors (Lipinski definition) is 2. The van der Waals surface area contributed by atoms with Gasteiger partial charge in [0, 0.05) is 0 Å². The van der Waals surface area contributed by atoms with Crippen molar-refractivity contribution < 1.29 is 18.3 Å². The lowest BCUT2D eigenvalue weighted by Crippen LogP contribution is -2.25. The van der Waals surface area contributed by atoms with E-state index in [4.69, 9.17) is 22.0 Å². The molecule has 1 atom stereocenters. The van der Waals surface area contributed by atoms with Gasteiger partial charge in [0.25, 0.3) is 0 Å². The molecule has 0 amide bonds. The number of para-hydroxylation sites is 1. The van der Waals surface area contributed by atoms with E-state index in [-0.39, 0.29) is 16.3 Å². The van der Waals surface area contributed by atoms with Gasteiger partial charge in [0.2, 0.25) is 10.0 Å². The van der Waals surface area contributed by atoms with Gasteiger partial charge < -0.3 is 5.11 Å². The minimum atomic E-state index is -4.00. The summed E-state index contributed by atoms with van der Waals surface area (Å²) in [6, 6.07) is 5.50. The summed E-state index contributed by atoms with van der Waals surface area (Å²) in [5.74, 6) is -1.32. The van der Waals surface area contributed by atoms with E-state index in [2.05, 4.69) is 0 Å². The third-order valence-corrected chi connectivity index (χ3v) is 3.98. The predicted octanol–water partition coefficient (Wildman–Crippen LogP) is 1.69. The van der Waals surface area contributed by atoms with Crippen molar-refractivity contribution in [3.63, 3.8) is 0 Å². The van der Waals surface area contributed by atoms with Crippen molar-refractivity contribution in [1.29, 1.82) is 5.26 Å². The molecule has 0 saturated carbocycles. The number of anilines is 1. The molecule has 0 spiro atoms. The number of benzene rings is 1. The van der Waals surface area contributed by atoms with Crippen molar-refractivity contribution >= 4 is 33.3 Å². The van der Waals surface area contributed by atoms with E-state index >= 15 is 0 Å². The quantitative estimate of drug-likeness (QED) is 0.876. The SMILES string of the molecule is CC(C#N)S(=O)(=O)Nc1c(Cl)cccc1C(=O)O. The summed E-state index contributed by atoms with van der Waals surface area (Å²) in [5, 5.41) is 16.1. The zero-order valence-corrected chi connectivity index (χ0v) is 10.8. The van der Waals surface area contributed by atoms with Gasteiger partial charge in [0.15, 0.2) is 5.25 Å². The lowest BCUT2D eigenvalue weighted by Gasteiger charge is -2.12. The molecule has 0 fully saturated rings. The number of nitrogens with one attached hydrogen (secondary N) is 1. The summed E-state index contributed by atoms with van der Waals surface area (Å²) in [6.45, 7) is 1.18. The first-order valence-electron chi connectivity index (χ1n) is 4.72. The fourth-order valence-corrected chi connectivity index (χ4v) is 2.20. The Labute approximate surface area is 109 Å². The zero-order valence-electron chi connectivity index (χ0n) is 9.21. The van der Waals surface area contributed by atoms with Gasteiger partial charge in [-0.05, 0) is 19.1 Å². The molecule has 0 radical (unpaired) electrons. The van der Waals surface area contributed by atoms with Crippen LogP contribution in [-0.4, -0.2) is 24.7 Å². The number of carbonyl (C=O) groups is 1. The van der Waals surface area contributed by atoms with E-state index in [1.165, 1.54) is 25.1 Å². The number of rotatable bonds is 4. The van der Waals surface area contributed by atoms with Crippen molar-refractivity contribution in [3.8, 4) is 6.07 Å². The van der Waals surface area contributed by atoms with E-state index in [1.807, 2.05) is 4.72 Å². The van der Waals surface area contributed by atoms with Crippen molar-refractivity contribution in [2.75, 3.05) is 4.72 Å². The Kier molecular flexibility index (Phi) is 4.16. The van der Waals surface area contributed by atoms with Gasteiger partial charge in [-0.2, -0.15) is 5.26 Å². The summed E-state index contributed by atoms with van der Waals surface area (Å²) in [5.41, 5.74) is -0.523. The first kappa shape index (κ1) is 14.3. The Hall–Kier alpha value is -1.78. The third kappa shape index (κ3) is 2.91. The summed E-state index contributed by atoms with van der Waals surface area (Å²) in [4.78, 5) is 10.9. The smallest absolute Gasteiger partial charge is 0.337 e. The third-order valence-electron chi connectivity index (χ3n) is 2.14. The van der Waals surface area contributed by atoms with Crippen molar-refractivity contribution in [1.82, 2.24) is 0 Å². The van der Waals surface area contributed by atoms with Crippen LogP contribution in [0.1, 0.15) is 17.3 Å². The molecule has 0 aliphatic heterocycles. The van der Waals surface area contributed by atoms with Gasteiger partial charge in [-0.1, -0.05) is 17.7 Å². The molecular weight excluding hydrogens is 280 g/mol. The Morgan fingerprint density at radius 1 is 1.56 bits per heavy atom. The van der Waals surface area contributed by atoms with E-state index < -0.39 is 21.2 Å². The normalized spacial score (nSPS) is 12.5. The maximum Gasteiger partial charge on any atom is 0.337 e. The molecule has 18 heavy (non-hydrogen) atoms. The molecule has 0 heterocycles. The number of carboxylic acids is 1. The highest BCUT2D eigenvalue weighted by atomic mass is 35.5. The van der Waals surface area contributed by atoms with Gasteiger partial charge in [-0.15, -0.1) is 0 Å². The summed E-state index contributed by atoms with van der Waals surface area (Å²) in [6.07, 6.45) is 0. The molecule has 8 heteroatoms. The highest BCUT2D eigenvalue weighted by Crippen LogP contribution is 2.27. The van der Waals surface area contributed by atoms with E-state index in [1.54, 1.807) is 6.07 Å². The topological polar surface area (TPSA) is 107 Å². The van der Waals surface area contributed by atoms with E-state index in [0.717, 1.165) is 0 Å². The average Bonchev–Trinajstić information content (AvgIpc) is 2.30. The molecule has 0 aliphatic carbocycles. The monoisotopic (exact) mass is 288 g/mol. The number of halogens is 1. The molecule has 1 aromatic rings. The lowest BCUT2D eigenvalue weighted by atomic mass is 10.2. The van der Waals surface area contributed by atoms with Crippen LogP contribution < -0.4 is 4.72 Å². The maximum absolute atomic E-state index is 11.7. The number of aromatic carboxylic acids is 1. The maximum atomic E-state index is 11.7. The largest absolute Gasteiger partial charge is 0.478 e. The number of sulfonamides is 1. The molecule has 6 nitrogen and oxygen atoms in total. The van der Waals surface area contributed by atoms with Crippen LogP contribution in [0.5, 0.6) is 0 Å². The van der Waals surface area contributed by atoms with Gasteiger partial charge in [-0.3, -0.25) is 4.72 Å². The molecule has 0 aromatic heterocycles. The van der Waals surface area contributed by atoms with Crippen LogP contribution in [-0.2, 0) is 10.0 Å². The Morgan fingerprint density at radius 2 is 2.17 bits per heavy atom. The molecule has 1 aromatic carbocycles. The zero-order chi connectivity index (χ0) is 13.9. The number of nitrogens with zero attached hydrogens (tertiary/aromatic N) is 1. The van der Waals surface area contributed by atoms with Gasteiger partial charge in [0.05, 0.1) is 22.3 Å². The minimum absolute atomic E-state index is 0.0522. The Balaban J connectivity index is 3.29. The second-order valence-electron chi connectivity index (χ2n) is 3.39. The van der Waals surface area contributed by atoms with Crippen LogP contribution in [0, 0.1) is 11.3 Å². The Morgan fingerprint density at radius 3 is 2.67 bits per heavy atom. The lowest BCUT2D eigenvalue weighted by molar-refractivity contribution is 0.0698. The molecule has 1 unspecified atom stereocenters. The molecule has 0 aliphatic rings. The first-order chi connectivity index (χ1) is 8.29. The summed E-state index contributed by atoms with van der Waals surface area (Å²) < 4.78 is 25.4. The van der Waals surface area contributed by atoms with E-state index in [0.29, 0.717) is 0 Å². The molecule has 2 N–H and O–H groups in total. The minimum Gasteiger partial charge on any atom is -0.478 e. The second kappa shape index (κ2) is 5.25. The molecular formula is C10H9ClN2O4S. The Bertz CT molecular complexity index is 621. The summed E-state index contributed by atoms with van der Waals surface area (Å²) in [7, 11) is -4.00. The number of carboxylic acid groups (broad SMARTS) is 1. The van der Waals surface area contributed by atoms with Crippen molar-refractivity contribution in [2.45, 2.75) is 12.2 Å². The second-order valence-corrected chi connectivity index (χ2v) is 5.79. The van der Waals surface area contributed by atoms with Crippen LogP contribution in [0.4, 0.5) is 5.69 Å². The first-order valence-corrected chi connectivity index (χ1v) is 6.65. The molecule has 96 valence electrons. The summed E-state index contributed by atoms with van der Waals surface area (Å²) >= 11 is 5.75. The standard InChI is InChI=1S/C10H9ClN2O4S/c1-6(5-12)18(16,17)13-9-7(10(14)15)3-2-4-8(9)11/h2-4,6,13H,1H3,(H,14,15). The van der Waals surface area contributed by atoms with Crippen LogP contribution in [0.2, 0.25) is 5.02 Å². The molecule has 0 saturated heterocycles. The van der Waals surface area contributed by atoms with Crippen molar-refractivity contribution in [3.05, 3.63) is 28.8 Å². The number of nitriles is 1. The van der Waals surface area contributed by atoms with Gasteiger partial charge >= 0.3 is 5.97 Å². The van der Waals surface area contributed by atoms with Crippen molar-refractivity contribution in [2.24, 2.45) is 0 Å². The highest BCUT2D eigenvalue weighted by Gasteiger charge is 2.24. The van der Waals surface area contributed by atoms with Crippen LogP contribution >= 0.6 is 11.6 Å². The number of hydrogen-bond acceptors (Lipinski definition) is 4. The van der Waals surface area contributed by atoms with E-state index in [9.17, 15) is 13.2 Å². The highest BCUT2D eigenvalue weighted by molar-refractivity contribution is 7.93. The van der Waals surface area contributed by atoms with Gasteiger partial charge in [0.1, 0.15) is 0 Å². The molecule has 1 rings (SSSR count). The van der Waals surface area contributed by atoms with Crippen LogP contribution in [0.15, 0.2) is 18.2 Å². The van der Waals surface area contributed by atoms with Crippen LogP contribution in [0.3, 0.4) is 0 Å². The molecule has 0 bridgehead atoms. The predicted molar refractivity (Wildman–Crippen MR) is 66.0 cm³/mol. The fourth-order valence-electron chi connectivity index (χ4n) is 1.11.